The summed E-state index contributed by atoms with van der Waals surface area (Å²) in [5.74, 6) is 0.540. The first-order valence-electron chi connectivity index (χ1n) is 7.09. The van der Waals surface area contributed by atoms with E-state index in [0.29, 0.717) is 21.0 Å². The number of tetrazole rings is 1. The van der Waals surface area contributed by atoms with E-state index in [1.54, 1.807) is 16.8 Å². The summed E-state index contributed by atoms with van der Waals surface area (Å²) in [5, 5.41) is 16.9. The number of hydrogen-bond donors (Lipinski definition) is 1. The molecule has 0 amide bonds. The van der Waals surface area contributed by atoms with Crippen LogP contribution in [0.15, 0.2) is 48.5 Å². The molecule has 1 unspecified atom stereocenters. The quantitative estimate of drug-likeness (QED) is 0.703. The summed E-state index contributed by atoms with van der Waals surface area (Å²) in [5.41, 5.74) is 2.72. The molecule has 1 atom stereocenters. The van der Waals surface area contributed by atoms with Crippen molar-refractivity contribution in [1.82, 2.24) is 20.2 Å². The number of aromatic nitrogens is 4. The maximum atomic E-state index is 6.38. The molecule has 3 aromatic rings. The van der Waals surface area contributed by atoms with Crippen molar-refractivity contribution in [3.05, 3.63) is 74.7 Å². The van der Waals surface area contributed by atoms with E-state index in [4.69, 9.17) is 34.8 Å². The van der Waals surface area contributed by atoms with Crippen molar-refractivity contribution in [3.63, 3.8) is 0 Å². The van der Waals surface area contributed by atoms with Crippen molar-refractivity contribution in [2.45, 2.75) is 6.04 Å². The van der Waals surface area contributed by atoms with Gasteiger partial charge in [-0.2, -0.15) is 4.68 Å². The number of allylic oxidation sites excluding steroid dienone is 1. The van der Waals surface area contributed by atoms with Crippen LogP contribution in [0.4, 0.5) is 5.95 Å². The lowest BCUT2D eigenvalue weighted by Crippen LogP contribution is -2.20. The number of nitrogens with one attached hydrogen (secondary N) is 1. The summed E-state index contributed by atoms with van der Waals surface area (Å²) in [6, 6.07) is 12.7. The van der Waals surface area contributed by atoms with Crippen LogP contribution in [0.5, 0.6) is 0 Å². The molecule has 1 N–H and O–H groups in total. The molecule has 1 aliphatic heterocycles. The van der Waals surface area contributed by atoms with Gasteiger partial charge in [0.05, 0.1) is 0 Å². The molecule has 0 saturated carbocycles. The van der Waals surface area contributed by atoms with Gasteiger partial charge in [-0.15, -0.1) is 0 Å². The molecule has 2 aromatic carbocycles. The van der Waals surface area contributed by atoms with E-state index in [1.807, 2.05) is 36.4 Å². The van der Waals surface area contributed by atoms with Crippen LogP contribution in [-0.4, -0.2) is 20.2 Å². The molecule has 120 valence electrons. The molecule has 0 saturated heterocycles. The zero-order valence-electron chi connectivity index (χ0n) is 12.1. The first-order valence-corrected chi connectivity index (χ1v) is 8.23. The normalized spacial score (nSPS) is 16.3. The number of fused-ring (bicyclic) bond motifs is 1. The largest absolute Gasteiger partial charge is 0.323 e. The van der Waals surface area contributed by atoms with E-state index >= 15 is 0 Å². The molecule has 0 bridgehead atoms. The Labute approximate surface area is 152 Å². The standard InChI is InChI=1S/C16H10Cl3N5/c17-10-3-1-9(2-4-10)14-8-15(24-16(20-14)21-22-23-24)12-6-5-11(18)7-13(12)19/h1-8,15H,(H,20,21,23). The second-order valence-electron chi connectivity index (χ2n) is 5.27. The highest BCUT2D eigenvalue weighted by Gasteiger charge is 2.25. The summed E-state index contributed by atoms with van der Waals surface area (Å²) in [7, 11) is 0. The third kappa shape index (κ3) is 2.75. The Kier molecular flexibility index (Phi) is 3.92. The average molecular weight is 379 g/mol. The van der Waals surface area contributed by atoms with E-state index in [9.17, 15) is 0 Å². The van der Waals surface area contributed by atoms with E-state index in [0.717, 1.165) is 16.8 Å². The highest BCUT2D eigenvalue weighted by atomic mass is 35.5. The lowest BCUT2D eigenvalue weighted by atomic mass is 10.0. The monoisotopic (exact) mass is 377 g/mol. The molecule has 4 rings (SSSR count). The molecular weight excluding hydrogens is 369 g/mol. The van der Waals surface area contributed by atoms with Crippen LogP contribution in [0.1, 0.15) is 17.2 Å². The van der Waals surface area contributed by atoms with Gasteiger partial charge in [0.25, 0.3) is 0 Å². The van der Waals surface area contributed by atoms with Crippen molar-refractivity contribution >= 4 is 46.4 Å². The van der Waals surface area contributed by atoms with Crippen LogP contribution < -0.4 is 5.32 Å². The Hall–Kier alpha value is -2.08. The number of halogens is 3. The number of benzene rings is 2. The topological polar surface area (TPSA) is 55.6 Å². The third-order valence-electron chi connectivity index (χ3n) is 3.76. The van der Waals surface area contributed by atoms with Gasteiger partial charge < -0.3 is 5.32 Å². The number of nitrogens with zero attached hydrogens (tertiary/aromatic N) is 4. The van der Waals surface area contributed by atoms with Crippen LogP contribution >= 0.6 is 34.8 Å². The van der Waals surface area contributed by atoms with Crippen LogP contribution in [-0.2, 0) is 0 Å². The number of anilines is 1. The summed E-state index contributed by atoms with van der Waals surface area (Å²) < 4.78 is 1.68. The maximum absolute atomic E-state index is 6.38. The minimum absolute atomic E-state index is 0.244. The molecule has 2 heterocycles. The molecule has 5 nitrogen and oxygen atoms in total. The van der Waals surface area contributed by atoms with Gasteiger partial charge in [0.15, 0.2) is 0 Å². The van der Waals surface area contributed by atoms with Gasteiger partial charge in [0.2, 0.25) is 5.95 Å². The Morgan fingerprint density at radius 3 is 2.46 bits per heavy atom. The van der Waals surface area contributed by atoms with Crippen molar-refractivity contribution in [3.8, 4) is 0 Å². The second kappa shape index (κ2) is 6.09. The minimum atomic E-state index is -0.244. The summed E-state index contributed by atoms with van der Waals surface area (Å²) in [6.45, 7) is 0. The molecule has 24 heavy (non-hydrogen) atoms. The first-order chi connectivity index (χ1) is 11.6. The van der Waals surface area contributed by atoms with Gasteiger partial charge in [0, 0.05) is 20.8 Å². The predicted molar refractivity (Wildman–Crippen MR) is 95.5 cm³/mol. The van der Waals surface area contributed by atoms with Gasteiger partial charge >= 0.3 is 0 Å². The summed E-state index contributed by atoms with van der Waals surface area (Å²) >= 11 is 18.3. The van der Waals surface area contributed by atoms with Gasteiger partial charge in [-0.1, -0.05) is 58.1 Å². The molecule has 1 aliphatic rings. The van der Waals surface area contributed by atoms with Crippen LogP contribution in [0.2, 0.25) is 15.1 Å². The lowest BCUT2D eigenvalue weighted by molar-refractivity contribution is 0.586. The Morgan fingerprint density at radius 1 is 0.958 bits per heavy atom. The molecule has 8 heteroatoms. The average Bonchev–Trinajstić information content (AvgIpc) is 3.03. The number of rotatable bonds is 2. The van der Waals surface area contributed by atoms with E-state index in [1.165, 1.54) is 0 Å². The fourth-order valence-electron chi connectivity index (χ4n) is 2.61. The highest BCUT2D eigenvalue weighted by Crippen LogP contribution is 2.35. The highest BCUT2D eigenvalue weighted by molar-refractivity contribution is 6.35. The smallest absolute Gasteiger partial charge is 0.248 e. The third-order valence-corrected chi connectivity index (χ3v) is 4.58. The minimum Gasteiger partial charge on any atom is -0.323 e. The maximum Gasteiger partial charge on any atom is 0.248 e. The van der Waals surface area contributed by atoms with Gasteiger partial charge in [-0.3, -0.25) is 0 Å². The van der Waals surface area contributed by atoms with E-state index in [-0.39, 0.29) is 6.04 Å². The molecular formula is C16H10Cl3N5. The van der Waals surface area contributed by atoms with Gasteiger partial charge in [-0.05, 0) is 51.9 Å². The van der Waals surface area contributed by atoms with Crippen molar-refractivity contribution in [2.24, 2.45) is 0 Å². The van der Waals surface area contributed by atoms with Crippen LogP contribution in [0.25, 0.3) is 5.70 Å². The van der Waals surface area contributed by atoms with Crippen molar-refractivity contribution in [1.29, 1.82) is 0 Å². The van der Waals surface area contributed by atoms with E-state index < -0.39 is 0 Å². The summed E-state index contributed by atoms with van der Waals surface area (Å²) in [4.78, 5) is 0. The Balaban J connectivity index is 1.83. The van der Waals surface area contributed by atoms with Crippen molar-refractivity contribution in [2.75, 3.05) is 5.32 Å². The van der Waals surface area contributed by atoms with Crippen LogP contribution in [0.3, 0.4) is 0 Å². The first kappa shape index (κ1) is 15.4. The fourth-order valence-corrected chi connectivity index (χ4v) is 3.26. The van der Waals surface area contributed by atoms with E-state index in [2.05, 4.69) is 20.8 Å². The molecule has 0 spiro atoms. The summed E-state index contributed by atoms with van der Waals surface area (Å²) in [6.07, 6.45) is 2.02. The fraction of sp³-hybridized carbons (Fsp3) is 0.0625. The van der Waals surface area contributed by atoms with Crippen LogP contribution in [0, 0.1) is 0 Å². The molecule has 0 radical (unpaired) electrons. The van der Waals surface area contributed by atoms with Gasteiger partial charge in [-0.25, -0.2) is 0 Å². The Morgan fingerprint density at radius 2 is 1.71 bits per heavy atom. The Bertz CT molecular complexity index is 933. The molecule has 1 aromatic heterocycles. The van der Waals surface area contributed by atoms with Gasteiger partial charge in [0.1, 0.15) is 6.04 Å². The second-order valence-corrected chi connectivity index (χ2v) is 6.55. The zero-order chi connectivity index (χ0) is 16.7. The zero-order valence-corrected chi connectivity index (χ0v) is 14.4. The molecule has 0 fully saturated rings. The number of hydrogen-bond acceptors (Lipinski definition) is 4. The predicted octanol–water partition coefficient (Wildman–Crippen LogP) is 4.69. The SMILES string of the molecule is Clc1ccc(C2=CC(c3ccc(Cl)cc3Cl)n3nnnc3N2)cc1. The van der Waals surface area contributed by atoms with Crippen molar-refractivity contribution < 1.29 is 0 Å². The molecule has 0 aliphatic carbocycles. The lowest BCUT2D eigenvalue weighted by Gasteiger charge is -2.24.